The van der Waals surface area contributed by atoms with Crippen molar-refractivity contribution in [1.29, 1.82) is 0 Å². The number of benzene rings is 4. The van der Waals surface area contributed by atoms with Crippen LogP contribution >= 0.6 is 0 Å². The first-order valence-electron chi connectivity index (χ1n) is 12.1. The smallest absolute Gasteiger partial charge is 0.246 e. The van der Waals surface area contributed by atoms with Crippen molar-refractivity contribution < 1.29 is 19.0 Å². The molecule has 0 N–H and O–H groups in total. The number of carbonyl (C=O) groups excluding carboxylic acids is 1. The molecule has 3 aliphatic heterocycles. The van der Waals surface area contributed by atoms with Gasteiger partial charge < -0.3 is 14.2 Å². The topological polar surface area (TPSA) is 48.0 Å². The van der Waals surface area contributed by atoms with Gasteiger partial charge in [-0.3, -0.25) is 9.69 Å². The third-order valence-corrected chi connectivity index (χ3v) is 7.38. The van der Waals surface area contributed by atoms with E-state index < -0.39 is 5.41 Å². The number of nitrogens with zero attached hydrogens (tertiary/aromatic N) is 1. The molecule has 6 heteroatoms. The second-order valence-electron chi connectivity index (χ2n) is 9.33. The SMILES string of the molecule is [B]c1cccc2c1C1(COc3cc4c(cc31)OCCO4)C(=O)N2C(c1ccccc1)c1ccccc1. The molecule has 3 aliphatic rings. The molecule has 0 bridgehead atoms. The lowest BCUT2D eigenvalue weighted by Crippen LogP contribution is -2.45. The lowest BCUT2D eigenvalue weighted by atomic mass is 9.71. The molecule has 4 aromatic rings. The number of hydrogen-bond acceptors (Lipinski definition) is 4. The van der Waals surface area contributed by atoms with Crippen molar-refractivity contribution in [1.82, 2.24) is 0 Å². The summed E-state index contributed by atoms with van der Waals surface area (Å²) < 4.78 is 17.8. The molecule has 1 atom stereocenters. The van der Waals surface area contributed by atoms with Crippen molar-refractivity contribution >= 4 is 24.9 Å². The van der Waals surface area contributed by atoms with Crippen LogP contribution in [-0.4, -0.2) is 33.6 Å². The summed E-state index contributed by atoms with van der Waals surface area (Å²) in [7, 11) is 6.63. The predicted octanol–water partition coefficient (Wildman–Crippen LogP) is 4.07. The molecule has 0 aromatic heterocycles. The van der Waals surface area contributed by atoms with Crippen LogP contribution in [0.1, 0.15) is 28.3 Å². The van der Waals surface area contributed by atoms with E-state index in [-0.39, 0.29) is 18.6 Å². The van der Waals surface area contributed by atoms with Crippen molar-refractivity contribution in [3.63, 3.8) is 0 Å². The summed E-state index contributed by atoms with van der Waals surface area (Å²) >= 11 is 0. The van der Waals surface area contributed by atoms with Crippen LogP contribution in [0.3, 0.4) is 0 Å². The highest BCUT2D eigenvalue weighted by Crippen LogP contribution is 2.56. The largest absolute Gasteiger partial charge is 0.491 e. The summed E-state index contributed by atoms with van der Waals surface area (Å²) in [6.07, 6.45) is 0. The van der Waals surface area contributed by atoms with Crippen molar-refractivity contribution in [3.05, 3.63) is 113 Å². The number of anilines is 1. The van der Waals surface area contributed by atoms with Gasteiger partial charge in [-0.1, -0.05) is 78.3 Å². The van der Waals surface area contributed by atoms with Crippen LogP contribution in [0.5, 0.6) is 17.2 Å². The average molecular weight is 471 g/mol. The number of amides is 1. The fourth-order valence-corrected chi connectivity index (χ4v) is 5.83. The van der Waals surface area contributed by atoms with Gasteiger partial charge in [0.2, 0.25) is 5.91 Å². The van der Waals surface area contributed by atoms with Crippen LogP contribution in [0.2, 0.25) is 0 Å². The van der Waals surface area contributed by atoms with E-state index in [9.17, 15) is 4.79 Å². The fourth-order valence-electron chi connectivity index (χ4n) is 5.83. The monoisotopic (exact) mass is 471 g/mol. The van der Waals surface area contributed by atoms with Crippen molar-refractivity contribution in [3.8, 4) is 17.2 Å². The van der Waals surface area contributed by atoms with E-state index in [0.717, 1.165) is 27.9 Å². The van der Waals surface area contributed by atoms with Crippen molar-refractivity contribution in [2.45, 2.75) is 11.5 Å². The second-order valence-corrected chi connectivity index (χ2v) is 9.33. The number of carbonyl (C=O) groups is 1. The lowest BCUT2D eigenvalue weighted by molar-refractivity contribution is -0.122. The molecule has 174 valence electrons. The fraction of sp³-hybridized carbons (Fsp3) is 0.167. The summed E-state index contributed by atoms with van der Waals surface area (Å²) in [6, 6.07) is 29.3. The first-order valence-corrected chi connectivity index (χ1v) is 12.1. The van der Waals surface area contributed by atoms with Gasteiger partial charge in [0.25, 0.3) is 0 Å². The van der Waals surface area contributed by atoms with Crippen LogP contribution in [-0.2, 0) is 10.2 Å². The summed E-state index contributed by atoms with van der Waals surface area (Å²) in [6.45, 7) is 1.11. The van der Waals surface area contributed by atoms with Gasteiger partial charge in [0.1, 0.15) is 38.8 Å². The third-order valence-electron chi connectivity index (χ3n) is 7.38. The Bertz CT molecular complexity index is 1450. The Morgan fingerprint density at radius 3 is 2.06 bits per heavy atom. The Labute approximate surface area is 210 Å². The number of rotatable bonds is 3. The Morgan fingerprint density at radius 2 is 1.39 bits per heavy atom. The van der Waals surface area contributed by atoms with Gasteiger partial charge in [0.15, 0.2) is 11.5 Å². The van der Waals surface area contributed by atoms with Gasteiger partial charge >= 0.3 is 0 Å². The molecule has 4 aromatic carbocycles. The molecule has 1 unspecified atom stereocenters. The van der Waals surface area contributed by atoms with E-state index in [1.807, 2.05) is 71.6 Å². The molecule has 2 radical (unpaired) electrons. The normalized spacial score (nSPS) is 19.4. The summed E-state index contributed by atoms with van der Waals surface area (Å²) in [4.78, 5) is 16.7. The van der Waals surface area contributed by atoms with Crippen molar-refractivity contribution in [2.24, 2.45) is 0 Å². The molecule has 1 spiro atoms. The minimum Gasteiger partial charge on any atom is -0.491 e. The van der Waals surface area contributed by atoms with E-state index in [0.29, 0.717) is 35.9 Å². The van der Waals surface area contributed by atoms with Gasteiger partial charge in [-0.25, -0.2) is 0 Å². The number of hydrogen-bond donors (Lipinski definition) is 0. The first-order chi connectivity index (χ1) is 17.7. The Kier molecular flexibility index (Phi) is 4.65. The highest BCUT2D eigenvalue weighted by atomic mass is 16.6. The first kappa shape index (κ1) is 21.1. The molecular formula is C30H22BNO4. The van der Waals surface area contributed by atoms with Crippen molar-refractivity contribution in [2.75, 3.05) is 24.7 Å². The average Bonchev–Trinajstić information content (AvgIpc) is 3.41. The van der Waals surface area contributed by atoms with E-state index >= 15 is 0 Å². The zero-order chi connectivity index (χ0) is 24.3. The predicted molar refractivity (Wildman–Crippen MR) is 138 cm³/mol. The number of fused-ring (bicyclic) bond motifs is 5. The quantitative estimate of drug-likeness (QED) is 0.423. The molecule has 0 fully saturated rings. The highest BCUT2D eigenvalue weighted by Gasteiger charge is 2.59. The van der Waals surface area contributed by atoms with Crippen LogP contribution in [0, 0.1) is 0 Å². The Morgan fingerprint density at radius 1 is 0.750 bits per heavy atom. The molecule has 0 saturated carbocycles. The van der Waals surface area contributed by atoms with Gasteiger partial charge in [0.05, 0.1) is 6.04 Å². The maximum Gasteiger partial charge on any atom is 0.246 e. The van der Waals surface area contributed by atoms with Gasteiger partial charge in [-0.2, -0.15) is 0 Å². The molecule has 7 rings (SSSR count). The maximum atomic E-state index is 14.8. The van der Waals surface area contributed by atoms with E-state index in [4.69, 9.17) is 22.1 Å². The Hall–Kier alpha value is -4.19. The molecular weight excluding hydrogens is 449 g/mol. The molecule has 36 heavy (non-hydrogen) atoms. The lowest BCUT2D eigenvalue weighted by Gasteiger charge is -2.31. The van der Waals surface area contributed by atoms with Crippen LogP contribution < -0.4 is 24.6 Å². The van der Waals surface area contributed by atoms with E-state index in [1.165, 1.54) is 0 Å². The highest BCUT2D eigenvalue weighted by molar-refractivity contribution is 6.36. The van der Waals surface area contributed by atoms with E-state index in [1.54, 1.807) is 0 Å². The zero-order valence-corrected chi connectivity index (χ0v) is 19.5. The molecule has 3 heterocycles. The summed E-state index contributed by atoms with van der Waals surface area (Å²) in [5, 5.41) is 0. The molecule has 0 aliphatic carbocycles. The van der Waals surface area contributed by atoms with E-state index in [2.05, 4.69) is 24.3 Å². The molecule has 1 amide bonds. The minimum atomic E-state index is -1.08. The standard InChI is InChI=1S/C30H22BNO4/c31-22-12-7-13-23-27(22)30(18-36-24-17-26-25(16-21(24)30)34-14-15-35-26)29(33)32(23)28(19-8-3-1-4-9-19)20-10-5-2-6-11-20/h1-13,16-17,28H,14-15,18H2. The third kappa shape index (κ3) is 2.87. The van der Waals surface area contributed by atoms with Gasteiger partial charge in [-0.05, 0) is 28.8 Å². The zero-order valence-electron chi connectivity index (χ0n) is 19.5. The van der Waals surface area contributed by atoms with Gasteiger partial charge in [-0.15, -0.1) is 0 Å². The maximum absolute atomic E-state index is 14.8. The molecule has 0 saturated heterocycles. The molecule has 5 nitrogen and oxygen atoms in total. The minimum absolute atomic E-state index is 0.0662. The summed E-state index contributed by atoms with van der Waals surface area (Å²) in [5.74, 6) is 1.81. The van der Waals surface area contributed by atoms with Crippen LogP contribution in [0.15, 0.2) is 91.0 Å². The van der Waals surface area contributed by atoms with Crippen LogP contribution in [0.25, 0.3) is 0 Å². The van der Waals surface area contributed by atoms with Crippen LogP contribution in [0.4, 0.5) is 5.69 Å². The number of ether oxygens (including phenoxy) is 3. The van der Waals surface area contributed by atoms with Gasteiger partial charge in [0, 0.05) is 17.3 Å². The Balaban J connectivity index is 1.47. The second kappa shape index (κ2) is 7.92. The summed E-state index contributed by atoms with van der Waals surface area (Å²) in [5.41, 5.74) is 3.86.